The van der Waals surface area contributed by atoms with Crippen molar-refractivity contribution >= 4 is 0 Å². The molecular formula is C19H18FN3O4. The molecule has 0 unspecified atom stereocenters. The van der Waals surface area contributed by atoms with Crippen LogP contribution in [-0.2, 0) is 24.3 Å². The number of ether oxygens (including phenoxy) is 2. The summed E-state index contributed by atoms with van der Waals surface area (Å²) >= 11 is 0. The molecular weight excluding hydrogens is 353 g/mol. The van der Waals surface area contributed by atoms with Crippen molar-refractivity contribution in [3.63, 3.8) is 0 Å². The van der Waals surface area contributed by atoms with Gasteiger partial charge in [-0.25, -0.2) is 9.37 Å². The van der Waals surface area contributed by atoms with Crippen molar-refractivity contribution in [3.8, 4) is 17.1 Å². The number of halogens is 1. The van der Waals surface area contributed by atoms with Crippen molar-refractivity contribution in [1.82, 2.24) is 14.7 Å². The Bertz CT molecular complexity index is 1060. The zero-order valence-corrected chi connectivity index (χ0v) is 15.0. The van der Waals surface area contributed by atoms with Crippen LogP contribution in [0.2, 0.25) is 0 Å². The number of aryl methyl sites for hydroxylation is 1. The first-order valence-corrected chi connectivity index (χ1v) is 8.53. The van der Waals surface area contributed by atoms with E-state index in [0.29, 0.717) is 53.7 Å². The molecule has 0 fully saturated rings. The van der Waals surface area contributed by atoms with Crippen LogP contribution in [0.25, 0.3) is 11.3 Å². The van der Waals surface area contributed by atoms with Gasteiger partial charge in [0.25, 0.3) is 5.56 Å². The first kappa shape index (κ1) is 17.4. The zero-order valence-electron chi connectivity index (χ0n) is 15.0. The summed E-state index contributed by atoms with van der Waals surface area (Å²) in [4.78, 5) is 17.3. The second kappa shape index (κ2) is 6.96. The van der Waals surface area contributed by atoms with Crippen molar-refractivity contribution in [2.24, 2.45) is 0 Å². The first-order valence-electron chi connectivity index (χ1n) is 8.53. The van der Waals surface area contributed by atoms with Gasteiger partial charge < -0.3 is 14.0 Å². The van der Waals surface area contributed by atoms with Gasteiger partial charge in [0.05, 0.1) is 32.6 Å². The molecule has 0 spiro atoms. The van der Waals surface area contributed by atoms with Gasteiger partial charge in [0.1, 0.15) is 11.5 Å². The lowest BCUT2D eigenvalue weighted by Gasteiger charge is -2.18. The molecule has 1 aromatic carbocycles. The Labute approximate surface area is 154 Å². The lowest BCUT2D eigenvalue weighted by Crippen LogP contribution is -2.32. The number of nitrogens with zero attached hydrogens (tertiary/aromatic N) is 3. The van der Waals surface area contributed by atoms with Crippen molar-refractivity contribution in [2.45, 2.75) is 26.5 Å². The Hall–Kier alpha value is -3.00. The highest BCUT2D eigenvalue weighted by atomic mass is 19.1. The van der Waals surface area contributed by atoms with Crippen LogP contribution in [0.4, 0.5) is 4.39 Å². The molecule has 0 atom stereocenters. The van der Waals surface area contributed by atoms with E-state index in [2.05, 4.69) is 10.1 Å². The van der Waals surface area contributed by atoms with Crippen LogP contribution in [0.5, 0.6) is 5.75 Å². The average Bonchev–Trinajstić information content (AvgIpc) is 3.14. The molecule has 0 saturated heterocycles. The summed E-state index contributed by atoms with van der Waals surface area (Å²) in [6.45, 7) is 2.91. The van der Waals surface area contributed by atoms with Gasteiger partial charge in [-0.2, -0.15) is 0 Å². The van der Waals surface area contributed by atoms with Gasteiger partial charge in [0, 0.05) is 23.6 Å². The average molecular weight is 371 g/mol. The minimum absolute atomic E-state index is 0.0752. The van der Waals surface area contributed by atoms with Crippen molar-refractivity contribution in [1.29, 1.82) is 0 Å². The van der Waals surface area contributed by atoms with Gasteiger partial charge in [0.15, 0.2) is 17.3 Å². The standard InChI is InChI=1S/C19H18FN3O4/c1-11-21-16-10-26-6-5-14(16)19(24)23(11)9-13-8-17(27-22-13)12-3-4-15(20)18(7-12)25-2/h3-4,7-8H,5-6,9-10H2,1-2H3. The van der Waals surface area contributed by atoms with Crippen LogP contribution in [-0.4, -0.2) is 28.4 Å². The van der Waals surface area contributed by atoms with Crippen LogP contribution in [0.15, 0.2) is 33.6 Å². The second-order valence-corrected chi connectivity index (χ2v) is 6.31. The van der Waals surface area contributed by atoms with Gasteiger partial charge in [-0.1, -0.05) is 5.16 Å². The minimum atomic E-state index is -0.452. The van der Waals surface area contributed by atoms with Crippen LogP contribution in [0.3, 0.4) is 0 Å². The largest absolute Gasteiger partial charge is 0.494 e. The van der Waals surface area contributed by atoms with E-state index < -0.39 is 5.82 Å². The Morgan fingerprint density at radius 3 is 3.00 bits per heavy atom. The molecule has 0 radical (unpaired) electrons. The van der Waals surface area contributed by atoms with Gasteiger partial charge in [-0.3, -0.25) is 9.36 Å². The molecule has 7 nitrogen and oxygen atoms in total. The molecule has 0 aliphatic carbocycles. The molecule has 2 aromatic heterocycles. The Balaban J connectivity index is 1.65. The number of fused-ring (bicyclic) bond motifs is 1. The van der Waals surface area contributed by atoms with Crippen molar-refractivity contribution in [2.75, 3.05) is 13.7 Å². The fourth-order valence-electron chi connectivity index (χ4n) is 3.15. The molecule has 1 aliphatic rings. The molecule has 0 bridgehead atoms. The third-order valence-electron chi connectivity index (χ3n) is 4.59. The topological polar surface area (TPSA) is 79.4 Å². The van der Waals surface area contributed by atoms with E-state index >= 15 is 0 Å². The smallest absolute Gasteiger partial charge is 0.257 e. The normalized spacial score (nSPS) is 13.4. The van der Waals surface area contributed by atoms with E-state index in [-0.39, 0.29) is 17.9 Å². The number of benzene rings is 1. The maximum absolute atomic E-state index is 13.6. The lowest BCUT2D eigenvalue weighted by molar-refractivity contribution is 0.106. The highest BCUT2D eigenvalue weighted by molar-refractivity contribution is 5.59. The lowest BCUT2D eigenvalue weighted by atomic mass is 10.1. The molecule has 0 saturated carbocycles. The summed E-state index contributed by atoms with van der Waals surface area (Å²) in [6.07, 6.45) is 0.556. The Kier molecular flexibility index (Phi) is 4.49. The van der Waals surface area contributed by atoms with Crippen LogP contribution in [0.1, 0.15) is 22.8 Å². The van der Waals surface area contributed by atoms with E-state index in [1.807, 2.05) is 0 Å². The predicted octanol–water partition coefficient (Wildman–Crippen LogP) is 2.48. The van der Waals surface area contributed by atoms with Crippen molar-refractivity contribution in [3.05, 3.63) is 63.2 Å². The fourth-order valence-corrected chi connectivity index (χ4v) is 3.15. The molecule has 3 aromatic rings. The third-order valence-corrected chi connectivity index (χ3v) is 4.59. The van der Waals surface area contributed by atoms with Gasteiger partial charge in [-0.05, 0) is 25.1 Å². The Morgan fingerprint density at radius 1 is 1.33 bits per heavy atom. The molecule has 27 heavy (non-hydrogen) atoms. The van der Waals surface area contributed by atoms with Crippen LogP contribution >= 0.6 is 0 Å². The number of methoxy groups -OCH3 is 1. The molecule has 0 N–H and O–H groups in total. The van der Waals surface area contributed by atoms with Gasteiger partial charge in [0.2, 0.25) is 0 Å². The summed E-state index contributed by atoms with van der Waals surface area (Å²) in [6, 6.07) is 6.15. The monoisotopic (exact) mass is 371 g/mol. The van der Waals surface area contributed by atoms with E-state index in [0.717, 1.165) is 0 Å². The summed E-state index contributed by atoms with van der Waals surface area (Å²) < 4.78 is 30.9. The summed E-state index contributed by atoms with van der Waals surface area (Å²) in [5, 5.41) is 4.04. The van der Waals surface area contributed by atoms with E-state index in [1.165, 1.54) is 19.2 Å². The maximum Gasteiger partial charge on any atom is 0.257 e. The number of aromatic nitrogens is 3. The van der Waals surface area contributed by atoms with E-state index in [1.54, 1.807) is 23.6 Å². The van der Waals surface area contributed by atoms with Gasteiger partial charge in [-0.15, -0.1) is 0 Å². The van der Waals surface area contributed by atoms with E-state index in [9.17, 15) is 9.18 Å². The number of hydrogen-bond donors (Lipinski definition) is 0. The fraction of sp³-hybridized carbons (Fsp3) is 0.316. The molecule has 8 heteroatoms. The molecule has 4 rings (SSSR count). The number of hydrogen-bond acceptors (Lipinski definition) is 6. The van der Waals surface area contributed by atoms with Crippen LogP contribution < -0.4 is 10.3 Å². The second-order valence-electron chi connectivity index (χ2n) is 6.31. The Morgan fingerprint density at radius 2 is 2.19 bits per heavy atom. The maximum atomic E-state index is 13.6. The highest BCUT2D eigenvalue weighted by Gasteiger charge is 2.19. The summed E-state index contributed by atoms with van der Waals surface area (Å²) in [5.41, 5.74) is 2.54. The predicted molar refractivity (Wildman–Crippen MR) is 94.1 cm³/mol. The minimum Gasteiger partial charge on any atom is -0.494 e. The van der Waals surface area contributed by atoms with Gasteiger partial charge >= 0.3 is 0 Å². The third kappa shape index (κ3) is 3.23. The molecule has 0 amide bonds. The SMILES string of the molecule is COc1cc(-c2cc(Cn3c(C)nc4c(c3=O)CCOC4)no2)ccc1F. The van der Waals surface area contributed by atoms with Crippen LogP contribution in [0, 0.1) is 12.7 Å². The molecule has 3 heterocycles. The summed E-state index contributed by atoms with van der Waals surface area (Å²) in [5.74, 6) is 0.733. The van der Waals surface area contributed by atoms with E-state index in [4.69, 9.17) is 14.0 Å². The highest BCUT2D eigenvalue weighted by Crippen LogP contribution is 2.27. The zero-order chi connectivity index (χ0) is 19.0. The van der Waals surface area contributed by atoms with Crippen molar-refractivity contribution < 1.29 is 18.4 Å². The first-order chi connectivity index (χ1) is 13.1. The molecule has 1 aliphatic heterocycles. The summed E-state index contributed by atoms with van der Waals surface area (Å²) in [7, 11) is 1.40. The number of rotatable bonds is 4. The quantitative estimate of drug-likeness (QED) is 0.701. The molecule has 140 valence electrons.